The van der Waals surface area contributed by atoms with E-state index >= 15 is 0 Å². The summed E-state index contributed by atoms with van der Waals surface area (Å²) in [6.07, 6.45) is 2.52. The number of ether oxygens (including phenoxy) is 1. The summed E-state index contributed by atoms with van der Waals surface area (Å²) in [5.41, 5.74) is 0. The summed E-state index contributed by atoms with van der Waals surface area (Å²) in [6.45, 7) is 4.69. The highest BCUT2D eigenvalue weighted by Gasteiger charge is 2.10. The lowest BCUT2D eigenvalue weighted by molar-refractivity contribution is 0.198. The Hall–Kier alpha value is -0.860. The highest BCUT2D eigenvalue weighted by Crippen LogP contribution is 2.02. The summed E-state index contributed by atoms with van der Waals surface area (Å²) < 4.78 is 18.0. The summed E-state index contributed by atoms with van der Waals surface area (Å²) in [7, 11) is 0.864. The second kappa shape index (κ2) is 8.28. The Labute approximate surface area is 110 Å². The Morgan fingerprint density at radius 3 is 3.00 bits per heavy atom. The van der Waals surface area contributed by atoms with Crippen LogP contribution < -0.4 is 5.32 Å². The average molecular weight is 275 g/mol. The van der Waals surface area contributed by atoms with Crippen molar-refractivity contribution in [1.82, 2.24) is 25.5 Å². The zero-order chi connectivity index (χ0) is 13.4. The topological polar surface area (TPSA) is 81.9 Å². The first-order chi connectivity index (χ1) is 8.65. The average Bonchev–Trinajstić information content (AvgIpc) is 2.79. The maximum Gasteiger partial charge on any atom is 0.165 e. The van der Waals surface area contributed by atoms with E-state index in [-0.39, 0.29) is 5.25 Å². The number of tetrazole rings is 1. The van der Waals surface area contributed by atoms with Crippen molar-refractivity contribution in [1.29, 1.82) is 0 Å². The van der Waals surface area contributed by atoms with Crippen LogP contribution in [0.25, 0.3) is 0 Å². The molecule has 0 saturated heterocycles. The molecule has 1 aromatic heterocycles. The van der Waals surface area contributed by atoms with Crippen LogP contribution >= 0.6 is 0 Å². The van der Waals surface area contributed by atoms with E-state index in [0.717, 1.165) is 18.8 Å². The van der Waals surface area contributed by atoms with Crippen LogP contribution in [0.1, 0.15) is 19.2 Å². The summed E-state index contributed by atoms with van der Waals surface area (Å²) in [6, 6.07) is 0. The number of nitrogens with one attached hydrogen (secondary N) is 1. The van der Waals surface area contributed by atoms with Gasteiger partial charge in [0.25, 0.3) is 0 Å². The molecule has 1 aromatic rings. The molecular weight excluding hydrogens is 254 g/mol. The van der Waals surface area contributed by atoms with Crippen molar-refractivity contribution in [3.63, 3.8) is 0 Å². The Kier molecular flexibility index (Phi) is 6.99. The minimum absolute atomic E-state index is 0.156. The molecule has 2 unspecified atom stereocenters. The molecule has 18 heavy (non-hydrogen) atoms. The standard InChI is InChI=1S/C10H21N5O2S/c1-9(18(3)16)4-6-15-10(12-13-14-15)8-11-5-7-17-2/h9,11H,4-8H2,1-3H3. The molecule has 0 saturated carbocycles. The van der Waals surface area contributed by atoms with Crippen molar-refractivity contribution in [3.05, 3.63) is 5.82 Å². The Morgan fingerprint density at radius 1 is 1.56 bits per heavy atom. The van der Waals surface area contributed by atoms with E-state index in [0.29, 0.717) is 19.7 Å². The first-order valence-corrected chi connectivity index (χ1v) is 7.54. The van der Waals surface area contributed by atoms with Crippen LogP contribution in [0.2, 0.25) is 0 Å². The minimum atomic E-state index is -0.801. The summed E-state index contributed by atoms with van der Waals surface area (Å²) in [5.74, 6) is 0.792. The Morgan fingerprint density at radius 2 is 2.33 bits per heavy atom. The molecular formula is C10H21N5O2S. The van der Waals surface area contributed by atoms with Gasteiger partial charge in [0.2, 0.25) is 0 Å². The second-order valence-electron chi connectivity index (χ2n) is 4.09. The molecule has 0 aliphatic heterocycles. The number of hydrogen-bond acceptors (Lipinski definition) is 6. The van der Waals surface area contributed by atoms with Gasteiger partial charge in [-0.1, -0.05) is 6.92 Å². The number of hydrogen-bond donors (Lipinski definition) is 1. The van der Waals surface area contributed by atoms with Gasteiger partial charge in [-0.3, -0.25) is 4.21 Å². The maximum absolute atomic E-state index is 11.3. The Bertz CT molecular complexity index is 371. The first-order valence-electron chi connectivity index (χ1n) is 5.92. The third-order valence-electron chi connectivity index (χ3n) is 2.69. The van der Waals surface area contributed by atoms with Gasteiger partial charge in [0.15, 0.2) is 5.82 Å². The molecule has 0 amide bonds. The molecule has 1 rings (SSSR count). The SMILES string of the molecule is COCCNCc1nnnn1CCC(C)S(C)=O. The van der Waals surface area contributed by atoms with E-state index in [2.05, 4.69) is 20.8 Å². The molecule has 0 spiro atoms. The maximum atomic E-state index is 11.3. The van der Waals surface area contributed by atoms with Crippen molar-refractivity contribution >= 4 is 10.8 Å². The van der Waals surface area contributed by atoms with Crippen molar-refractivity contribution in [2.24, 2.45) is 0 Å². The molecule has 0 radical (unpaired) electrons. The smallest absolute Gasteiger partial charge is 0.165 e. The van der Waals surface area contributed by atoms with Gasteiger partial charge < -0.3 is 10.1 Å². The van der Waals surface area contributed by atoms with Gasteiger partial charge in [0.1, 0.15) is 0 Å². The molecule has 0 aromatic carbocycles. The van der Waals surface area contributed by atoms with Crippen LogP contribution in [0.3, 0.4) is 0 Å². The van der Waals surface area contributed by atoms with E-state index in [1.54, 1.807) is 18.0 Å². The lowest BCUT2D eigenvalue weighted by Gasteiger charge is -2.09. The van der Waals surface area contributed by atoms with Crippen molar-refractivity contribution < 1.29 is 8.95 Å². The number of aromatic nitrogens is 4. The predicted octanol–water partition coefficient (Wildman–Crippen LogP) is -0.434. The minimum Gasteiger partial charge on any atom is -0.383 e. The molecule has 8 heteroatoms. The first kappa shape index (κ1) is 15.2. The van der Waals surface area contributed by atoms with Crippen LogP contribution in [-0.2, 0) is 28.6 Å². The molecule has 7 nitrogen and oxygen atoms in total. The fourth-order valence-electron chi connectivity index (χ4n) is 1.37. The van der Waals surface area contributed by atoms with E-state index in [1.165, 1.54) is 0 Å². The summed E-state index contributed by atoms with van der Waals surface area (Å²) in [5, 5.41) is 14.9. The van der Waals surface area contributed by atoms with Crippen LogP contribution in [-0.4, -0.2) is 56.2 Å². The fourth-order valence-corrected chi connectivity index (χ4v) is 1.81. The van der Waals surface area contributed by atoms with Crippen LogP contribution in [0.4, 0.5) is 0 Å². The zero-order valence-corrected chi connectivity index (χ0v) is 11.9. The highest BCUT2D eigenvalue weighted by atomic mass is 32.2. The Balaban J connectivity index is 2.37. The molecule has 0 aliphatic carbocycles. The van der Waals surface area contributed by atoms with Crippen molar-refractivity contribution in [2.45, 2.75) is 31.7 Å². The van der Waals surface area contributed by atoms with Gasteiger partial charge in [-0.2, -0.15) is 0 Å². The van der Waals surface area contributed by atoms with E-state index in [4.69, 9.17) is 4.74 Å². The lowest BCUT2D eigenvalue weighted by atomic mass is 10.3. The highest BCUT2D eigenvalue weighted by molar-refractivity contribution is 7.84. The van der Waals surface area contributed by atoms with Crippen LogP contribution in [0, 0.1) is 0 Å². The molecule has 104 valence electrons. The van der Waals surface area contributed by atoms with Gasteiger partial charge in [0, 0.05) is 42.5 Å². The molecule has 0 aliphatic rings. The normalized spacial score (nSPS) is 14.6. The number of nitrogens with zero attached hydrogens (tertiary/aromatic N) is 4. The molecule has 0 bridgehead atoms. The fraction of sp³-hybridized carbons (Fsp3) is 0.900. The predicted molar refractivity (Wildman–Crippen MR) is 69.5 cm³/mol. The van der Waals surface area contributed by atoms with Gasteiger partial charge in [-0.15, -0.1) is 5.10 Å². The molecule has 2 atom stereocenters. The van der Waals surface area contributed by atoms with Crippen molar-refractivity contribution in [3.8, 4) is 0 Å². The number of rotatable bonds is 9. The van der Waals surface area contributed by atoms with Crippen LogP contribution in [0.15, 0.2) is 0 Å². The van der Waals surface area contributed by atoms with Crippen molar-refractivity contribution in [2.75, 3.05) is 26.5 Å². The number of aryl methyl sites for hydroxylation is 1. The number of methoxy groups -OCH3 is 1. The summed E-state index contributed by atoms with van der Waals surface area (Å²) in [4.78, 5) is 0. The zero-order valence-electron chi connectivity index (χ0n) is 11.1. The van der Waals surface area contributed by atoms with E-state index in [1.807, 2.05) is 6.92 Å². The van der Waals surface area contributed by atoms with E-state index in [9.17, 15) is 4.21 Å². The van der Waals surface area contributed by atoms with Gasteiger partial charge >= 0.3 is 0 Å². The lowest BCUT2D eigenvalue weighted by Crippen LogP contribution is -2.22. The summed E-state index contributed by atoms with van der Waals surface area (Å²) >= 11 is 0. The quantitative estimate of drug-likeness (QED) is 0.616. The van der Waals surface area contributed by atoms with Gasteiger partial charge in [-0.05, 0) is 16.8 Å². The van der Waals surface area contributed by atoms with Gasteiger partial charge in [0.05, 0.1) is 13.2 Å². The third-order valence-corrected chi connectivity index (χ3v) is 4.06. The van der Waals surface area contributed by atoms with Gasteiger partial charge in [-0.25, -0.2) is 4.68 Å². The largest absolute Gasteiger partial charge is 0.383 e. The van der Waals surface area contributed by atoms with Crippen LogP contribution in [0.5, 0.6) is 0 Å². The monoisotopic (exact) mass is 275 g/mol. The molecule has 1 N–H and O–H groups in total. The molecule has 0 fully saturated rings. The van der Waals surface area contributed by atoms with E-state index < -0.39 is 10.8 Å². The molecule has 1 heterocycles. The third kappa shape index (κ3) is 5.19. The second-order valence-corrected chi connectivity index (χ2v) is 5.89.